The molecule has 2 amide bonds. The first-order valence-electron chi connectivity index (χ1n) is 8.43. The molecule has 1 aliphatic heterocycles. The van der Waals surface area contributed by atoms with Crippen molar-refractivity contribution in [1.82, 2.24) is 10.2 Å². The van der Waals surface area contributed by atoms with Gasteiger partial charge in [-0.1, -0.05) is 41.4 Å². The summed E-state index contributed by atoms with van der Waals surface area (Å²) in [5.41, 5.74) is 1.86. The molecular weight excluding hydrogens is 373 g/mol. The fourth-order valence-electron chi connectivity index (χ4n) is 3.01. The van der Waals surface area contributed by atoms with Crippen LogP contribution in [-0.2, 0) is 6.54 Å². The van der Waals surface area contributed by atoms with E-state index in [2.05, 4.69) is 10.2 Å². The molecule has 1 N–H and O–H groups in total. The summed E-state index contributed by atoms with van der Waals surface area (Å²) in [7, 11) is 1.63. The molecule has 3 rings (SSSR count). The van der Waals surface area contributed by atoms with E-state index < -0.39 is 0 Å². The summed E-state index contributed by atoms with van der Waals surface area (Å²) in [5, 5.41) is 4.28. The van der Waals surface area contributed by atoms with Gasteiger partial charge < -0.3 is 19.9 Å². The molecular formula is C19H21Cl2N3O2. The summed E-state index contributed by atoms with van der Waals surface area (Å²) in [6.07, 6.45) is 0. The summed E-state index contributed by atoms with van der Waals surface area (Å²) < 4.78 is 5.31. The maximum absolute atomic E-state index is 12.4. The fraction of sp³-hybridized carbons (Fsp3) is 0.316. The Balaban J connectivity index is 1.54. The van der Waals surface area contributed by atoms with Crippen LogP contribution in [0.4, 0.5) is 10.5 Å². The Morgan fingerprint density at radius 2 is 1.85 bits per heavy atom. The molecule has 1 fully saturated rings. The number of amides is 2. The number of methoxy groups -OCH3 is 1. The van der Waals surface area contributed by atoms with Crippen LogP contribution in [0.15, 0.2) is 42.5 Å². The second-order valence-corrected chi connectivity index (χ2v) is 6.88. The highest BCUT2D eigenvalue weighted by atomic mass is 35.5. The lowest BCUT2D eigenvalue weighted by molar-refractivity contribution is 0.194. The standard InChI is InChI=1S/C19H21Cl2N3O2/c1-26-18-5-3-2-4-14(18)13-22-19(25)24-10-8-23(9-11-24)17-12-15(20)6-7-16(17)21/h2-7,12H,8-11,13H2,1H3,(H,22,25). The van der Waals surface area contributed by atoms with Gasteiger partial charge in [0.05, 0.1) is 17.8 Å². The van der Waals surface area contributed by atoms with Crippen LogP contribution in [0.3, 0.4) is 0 Å². The zero-order chi connectivity index (χ0) is 18.5. The zero-order valence-corrected chi connectivity index (χ0v) is 16.1. The number of urea groups is 1. The van der Waals surface area contributed by atoms with Crippen molar-refractivity contribution in [2.24, 2.45) is 0 Å². The average Bonchev–Trinajstić information content (AvgIpc) is 2.68. The summed E-state index contributed by atoms with van der Waals surface area (Å²) in [6.45, 7) is 3.11. The lowest BCUT2D eigenvalue weighted by Gasteiger charge is -2.36. The molecule has 0 saturated carbocycles. The van der Waals surface area contributed by atoms with Gasteiger partial charge in [0.2, 0.25) is 0 Å². The Morgan fingerprint density at radius 3 is 2.58 bits per heavy atom. The van der Waals surface area contributed by atoms with E-state index >= 15 is 0 Å². The van der Waals surface area contributed by atoms with Crippen molar-refractivity contribution >= 4 is 34.9 Å². The average molecular weight is 394 g/mol. The van der Waals surface area contributed by atoms with Crippen LogP contribution in [0.2, 0.25) is 10.0 Å². The Bertz CT molecular complexity index is 777. The van der Waals surface area contributed by atoms with E-state index in [4.69, 9.17) is 27.9 Å². The van der Waals surface area contributed by atoms with Crippen LogP contribution in [0.5, 0.6) is 5.75 Å². The van der Waals surface area contributed by atoms with Crippen molar-refractivity contribution in [2.75, 3.05) is 38.2 Å². The molecule has 0 unspecified atom stereocenters. The van der Waals surface area contributed by atoms with Crippen LogP contribution in [0, 0.1) is 0 Å². The van der Waals surface area contributed by atoms with Gasteiger partial charge in [0.1, 0.15) is 5.75 Å². The molecule has 0 bridgehead atoms. The molecule has 0 radical (unpaired) electrons. The number of hydrogen-bond donors (Lipinski definition) is 1. The monoisotopic (exact) mass is 393 g/mol. The van der Waals surface area contributed by atoms with Crippen LogP contribution < -0.4 is 15.0 Å². The number of benzene rings is 2. The number of carbonyl (C=O) groups excluding carboxylic acids is 1. The highest BCUT2D eigenvalue weighted by Gasteiger charge is 2.22. The number of nitrogens with one attached hydrogen (secondary N) is 1. The second kappa shape index (κ2) is 8.52. The van der Waals surface area contributed by atoms with E-state index in [1.807, 2.05) is 35.2 Å². The second-order valence-electron chi connectivity index (χ2n) is 6.04. The van der Waals surface area contributed by atoms with E-state index in [0.717, 1.165) is 17.0 Å². The number of anilines is 1. The quantitative estimate of drug-likeness (QED) is 0.852. The topological polar surface area (TPSA) is 44.8 Å². The predicted molar refractivity (Wildman–Crippen MR) is 105 cm³/mol. The van der Waals surface area contributed by atoms with Crippen molar-refractivity contribution in [3.05, 3.63) is 58.1 Å². The van der Waals surface area contributed by atoms with Crippen molar-refractivity contribution in [3.8, 4) is 5.75 Å². The first-order chi connectivity index (χ1) is 12.6. The van der Waals surface area contributed by atoms with Crippen molar-refractivity contribution in [1.29, 1.82) is 0 Å². The minimum Gasteiger partial charge on any atom is -0.496 e. The Hall–Kier alpha value is -2.11. The summed E-state index contributed by atoms with van der Waals surface area (Å²) >= 11 is 12.3. The van der Waals surface area contributed by atoms with E-state index in [9.17, 15) is 4.79 Å². The van der Waals surface area contributed by atoms with Gasteiger partial charge in [-0.05, 0) is 24.3 Å². The third-order valence-corrected chi connectivity index (χ3v) is 4.99. The molecule has 1 aliphatic rings. The van der Waals surface area contributed by atoms with E-state index in [0.29, 0.717) is 42.8 Å². The van der Waals surface area contributed by atoms with Crippen molar-refractivity contribution in [2.45, 2.75) is 6.54 Å². The van der Waals surface area contributed by atoms with Crippen molar-refractivity contribution in [3.63, 3.8) is 0 Å². The van der Waals surface area contributed by atoms with Gasteiger partial charge in [-0.3, -0.25) is 0 Å². The molecule has 5 nitrogen and oxygen atoms in total. The molecule has 138 valence electrons. The molecule has 1 heterocycles. The maximum atomic E-state index is 12.4. The summed E-state index contributed by atoms with van der Waals surface area (Å²) in [5.74, 6) is 0.771. The number of rotatable bonds is 4. The molecule has 7 heteroatoms. The minimum absolute atomic E-state index is 0.0762. The molecule has 0 atom stereocenters. The Labute approximate surface area is 163 Å². The number of para-hydroxylation sites is 1. The predicted octanol–water partition coefficient (Wildman–Crippen LogP) is 4.03. The minimum atomic E-state index is -0.0762. The maximum Gasteiger partial charge on any atom is 0.317 e. The number of nitrogens with zero attached hydrogens (tertiary/aromatic N) is 2. The van der Waals surface area contributed by atoms with Crippen molar-refractivity contribution < 1.29 is 9.53 Å². The lowest BCUT2D eigenvalue weighted by atomic mass is 10.2. The molecule has 0 aromatic heterocycles. The summed E-state index contributed by atoms with van der Waals surface area (Å²) in [6, 6.07) is 13.0. The number of ether oxygens (including phenoxy) is 1. The van der Waals surface area contributed by atoms with Crippen LogP contribution in [0.25, 0.3) is 0 Å². The molecule has 2 aromatic rings. The molecule has 1 saturated heterocycles. The highest BCUT2D eigenvalue weighted by molar-refractivity contribution is 6.35. The van der Waals surface area contributed by atoms with Gasteiger partial charge in [0.15, 0.2) is 0 Å². The normalized spacial score (nSPS) is 14.3. The first-order valence-corrected chi connectivity index (χ1v) is 9.19. The van der Waals surface area contributed by atoms with Gasteiger partial charge in [-0.2, -0.15) is 0 Å². The van der Waals surface area contributed by atoms with E-state index in [1.54, 1.807) is 19.2 Å². The van der Waals surface area contributed by atoms with Gasteiger partial charge in [-0.15, -0.1) is 0 Å². The third kappa shape index (κ3) is 4.34. The molecule has 2 aromatic carbocycles. The highest BCUT2D eigenvalue weighted by Crippen LogP contribution is 2.29. The number of hydrogen-bond acceptors (Lipinski definition) is 3. The van der Waals surface area contributed by atoms with Gasteiger partial charge in [0.25, 0.3) is 0 Å². The van der Waals surface area contributed by atoms with Crippen LogP contribution in [0.1, 0.15) is 5.56 Å². The van der Waals surface area contributed by atoms with Crippen LogP contribution >= 0.6 is 23.2 Å². The van der Waals surface area contributed by atoms with Gasteiger partial charge >= 0.3 is 6.03 Å². The molecule has 26 heavy (non-hydrogen) atoms. The summed E-state index contributed by atoms with van der Waals surface area (Å²) in [4.78, 5) is 16.4. The number of piperazine rings is 1. The number of carbonyl (C=O) groups is 1. The fourth-order valence-corrected chi connectivity index (χ4v) is 3.41. The first kappa shape index (κ1) is 18.7. The Morgan fingerprint density at radius 1 is 1.12 bits per heavy atom. The van der Waals surface area contributed by atoms with Gasteiger partial charge in [-0.25, -0.2) is 4.79 Å². The molecule has 0 aliphatic carbocycles. The third-order valence-electron chi connectivity index (χ3n) is 4.44. The smallest absolute Gasteiger partial charge is 0.317 e. The van der Waals surface area contributed by atoms with Crippen LogP contribution in [-0.4, -0.2) is 44.2 Å². The number of halogens is 2. The van der Waals surface area contributed by atoms with E-state index in [-0.39, 0.29) is 6.03 Å². The Kier molecular flexibility index (Phi) is 6.12. The lowest BCUT2D eigenvalue weighted by Crippen LogP contribution is -2.51. The molecule has 0 spiro atoms. The van der Waals surface area contributed by atoms with Gasteiger partial charge in [0, 0.05) is 43.3 Å². The SMILES string of the molecule is COc1ccccc1CNC(=O)N1CCN(c2cc(Cl)ccc2Cl)CC1. The largest absolute Gasteiger partial charge is 0.496 e. The van der Waals surface area contributed by atoms with E-state index in [1.165, 1.54) is 0 Å². The zero-order valence-electron chi connectivity index (χ0n) is 14.5.